The maximum Gasteiger partial charge on any atom is 0.331 e. The summed E-state index contributed by atoms with van der Waals surface area (Å²) in [5, 5.41) is 14.6. The smallest absolute Gasteiger partial charge is 0.331 e. The Morgan fingerprint density at radius 2 is 2.05 bits per heavy atom. The lowest BCUT2D eigenvalue weighted by atomic mass is 10.1. The molecule has 6 heteroatoms. The van der Waals surface area contributed by atoms with Gasteiger partial charge in [0.05, 0.1) is 18.8 Å². The van der Waals surface area contributed by atoms with Gasteiger partial charge in [-0.15, -0.1) is 11.3 Å². The number of aliphatic hydroxyl groups excluding tert-OH is 1. The minimum atomic E-state index is -1.08. The number of hydrogen-bond donors (Lipinski definition) is 2. The normalized spacial score (nSPS) is 13.8. The molecule has 0 aliphatic rings. The first kappa shape index (κ1) is 14.5. The summed E-state index contributed by atoms with van der Waals surface area (Å²) in [6, 6.07) is 6.43. The number of esters is 1. The van der Waals surface area contributed by atoms with Crippen LogP contribution in [0.2, 0.25) is 0 Å². The van der Waals surface area contributed by atoms with E-state index in [2.05, 4.69) is 10.1 Å². The van der Waals surface area contributed by atoms with Crippen LogP contribution in [-0.4, -0.2) is 36.2 Å². The summed E-state index contributed by atoms with van der Waals surface area (Å²) in [4.78, 5) is 23.8. The Bertz CT molecular complexity index is 635. The molecule has 5 nitrogen and oxygen atoms in total. The molecule has 0 aliphatic carbocycles. The van der Waals surface area contributed by atoms with Gasteiger partial charge in [-0.1, -0.05) is 18.2 Å². The maximum absolute atomic E-state index is 12.2. The Labute approximate surface area is 120 Å². The number of rotatable bonds is 4. The van der Waals surface area contributed by atoms with Gasteiger partial charge in [0.2, 0.25) is 0 Å². The second-order valence-electron chi connectivity index (χ2n) is 4.36. The predicted molar refractivity (Wildman–Crippen MR) is 76.8 cm³/mol. The van der Waals surface area contributed by atoms with Gasteiger partial charge in [0, 0.05) is 15.5 Å². The van der Waals surface area contributed by atoms with Crippen molar-refractivity contribution in [2.24, 2.45) is 0 Å². The zero-order valence-corrected chi connectivity index (χ0v) is 11.9. The van der Waals surface area contributed by atoms with Crippen LogP contribution in [0, 0.1) is 0 Å². The predicted octanol–water partition coefficient (Wildman–Crippen LogP) is 1.55. The minimum absolute atomic E-state index is 0.404. The number of thiophene rings is 1. The van der Waals surface area contributed by atoms with Crippen molar-refractivity contribution in [3.05, 3.63) is 35.2 Å². The van der Waals surface area contributed by atoms with Gasteiger partial charge in [-0.25, -0.2) is 4.79 Å². The molecule has 0 spiro atoms. The molecule has 2 rings (SSSR count). The Balaban J connectivity index is 2.25. The molecule has 1 aromatic carbocycles. The highest BCUT2D eigenvalue weighted by molar-refractivity contribution is 7.17. The van der Waals surface area contributed by atoms with Crippen LogP contribution in [0.4, 0.5) is 0 Å². The number of benzene rings is 1. The lowest BCUT2D eigenvalue weighted by Gasteiger charge is -2.18. The van der Waals surface area contributed by atoms with Gasteiger partial charge < -0.3 is 15.2 Å². The zero-order valence-electron chi connectivity index (χ0n) is 11.1. The van der Waals surface area contributed by atoms with Crippen LogP contribution < -0.4 is 5.32 Å². The fraction of sp³-hybridized carbons (Fsp3) is 0.286. The molecule has 0 fully saturated rings. The molecule has 0 unspecified atom stereocenters. The van der Waals surface area contributed by atoms with E-state index in [9.17, 15) is 14.7 Å². The van der Waals surface area contributed by atoms with Crippen molar-refractivity contribution < 1.29 is 19.4 Å². The molecule has 0 radical (unpaired) electrons. The molecule has 1 heterocycles. The van der Waals surface area contributed by atoms with Gasteiger partial charge in [-0.3, -0.25) is 4.79 Å². The van der Waals surface area contributed by atoms with Crippen LogP contribution in [0.5, 0.6) is 0 Å². The first-order valence-corrected chi connectivity index (χ1v) is 6.95. The molecule has 0 saturated heterocycles. The van der Waals surface area contributed by atoms with E-state index in [-0.39, 0.29) is 0 Å². The number of methoxy groups -OCH3 is 1. The second-order valence-corrected chi connectivity index (χ2v) is 5.27. The second kappa shape index (κ2) is 6.02. The summed E-state index contributed by atoms with van der Waals surface area (Å²) in [6.07, 6.45) is -1.03. The first-order valence-electron chi connectivity index (χ1n) is 6.07. The number of amides is 1. The Hall–Kier alpha value is -1.92. The first-order chi connectivity index (χ1) is 9.54. The summed E-state index contributed by atoms with van der Waals surface area (Å²) in [5.74, 6) is -1.08. The van der Waals surface area contributed by atoms with Gasteiger partial charge in [-0.05, 0) is 13.0 Å². The van der Waals surface area contributed by atoms with Crippen molar-refractivity contribution in [2.45, 2.75) is 19.1 Å². The molecular weight excluding hydrogens is 278 g/mol. The average molecular weight is 293 g/mol. The third kappa shape index (κ3) is 2.81. The number of ether oxygens (including phenoxy) is 1. The Kier molecular flexibility index (Phi) is 4.36. The van der Waals surface area contributed by atoms with Crippen molar-refractivity contribution in [1.82, 2.24) is 5.32 Å². The largest absolute Gasteiger partial charge is 0.467 e. The Morgan fingerprint density at radius 3 is 2.70 bits per heavy atom. The standard InChI is InChI=1S/C14H15NO4S/c1-8(16)12(14(18)19-2)15-13(17)10-7-20-11-6-4-3-5-9(10)11/h3-8,12,16H,1-2H3,(H,15,17)/t8-,12-/m1/s1. The van der Waals surface area contributed by atoms with Crippen molar-refractivity contribution in [1.29, 1.82) is 0 Å². The highest BCUT2D eigenvalue weighted by Gasteiger charge is 2.27. The molecule has 2 atom stereocenters. The third-order valence-corrected chi connectivity index (χ3v) is 3.91. The van der Waals surface area contributed by atoms with Crippen molar-refractivity contribution in [2.75, 3.05) is 7.11 Å². The van der Waals surface area contributed by atoms with E-state index in [1.807, 2.05) is 24.3 Å². The molecule has 0 bridgehead atoms. The number of aliphatic hydroxyl groups is 1. The number of carbonyl (C=O) groups is 2. The van der Waals surface area contributed by atoms with Crippen LogP contribution >= 0.6 is 11.3 Å². The number of carbonyl (C=O) groups excluding carboxylic acids is 2. The van der Waals surface area contributed by atoms with Crippen molar-refractivity contribution in [3.8, 4) is 0 Å². The van der Waals surface area contributed by atoms with E-state index in [4.69, 9.17) is 0 Å². The lowest BCUT2D eigenvalue weighted by Crippen LogP contribution is -2.48. The number of hydrogen-bond acceptors (Lipinski definition) is 5. The van der Waals surface area contributed by atoms with E-state index in [0.29, 0.717) is 5.56 Å². The van der Waals surface area contributed by atoms with Crippen LogP contribution in [0.15, 0.2) is 29.6 Å². The number of nitrogens with one attached hydrogen (secondary N) is 1. The van der Waals surface area contributed by atoms with Gasteiger partial charge in [0.25, 0.3) is 5.91 Å². The quantitative estimate of drug-likeness (QED) is 0.839. The van der Waals surface area contributed by atoms with E-state index in [1.54, 1.807) is 5.38 Å². The molecule has 2 aromatic rings. The van der Waals surface area contributed by atoms with Crippen molar-refractivity contribution in [3.63, 3.8) is 0 Å². The molecular formula is C14H15NO4S. The fourth-order valence-corrected chi connectivity index (χ4v) is 2.82. The van der Waals surface area contributed by atoms with Crippen LogP contribution in [-0.2, 0) is 9.53 Å². The summed E-state index contributed by atoms with van der Waals surface area (Å²) in [7, 11) is 1.21. The topological polar surface area (TPSA) is 75.6 Å². The average Bonchev–Trinajstić information content (AvgIpc) is 2.87. The maximum atomic E-state index is 12.2. The van der Waals surface area contributed by atoms with Crippen molar-refractivity contribution >= 4 is 33.3 Å². The van der Waals surface area contributed by atoms with Crippen LogP contribution in [0.3, 0.4) is 0 Å². The molecule has 1 aromatic heterocycles. The molecule has 2 N–H and O–H groups in total. The minimum Gasteiger partial charge on any atom is -0.467 e. The van der Waals surface area contributed by atoms with E-state index >= 15 is 0 Å². The highest BCUT2D eigenvalue weighted by atomic mass is 32.1. The van der Waals surface area contributed by atoms with E-state index < -0.39 is 24.0 Å². The van der Waals surface area contributed by atoms with Gasteiger partial charge in [-0.2, -0.15) is 0 Å². The molecule has 106 valence electrons. The summed E-state index contributed by atoms with van der Waals surface area (Å²) < 4.78 is 5.56. The molecule has 1 amide bonds. The monoisotopic (exact) mass is 293 g/mol. The molecule has 0 saturated carbocycles. The summed E-state index contributed by atoms with van der Waals surface area (Å²) in [5.41, 5.74) is 0.486. The SMILES string of the molecule is COC(=O)[C@H](NC(=O)c1csc2ccccc12)[C@@H](C)O. The third-order valence-electron chi connectivity index (χ3n) is 2.95. The summed E-state index contributed by atoms with van der Waals surface area (Å²) in [6.45, 7) is 1.42. The zero-order chi connectivity index (χ0) is 14.7. The van der Waals surface area contributed by atoms with E-state index in [1.165, 1.54) is 25.4 Å². The number of fused-ring (bicyclic) bond motifs is 1. The van der Waals surface area contributed by atoms with Crippen LogP contribution in [0.1, 0.15) is 17.3 Å². The molecule has 0 aliphatic heterocycles. The van der Waals surface area contributed by atoms with Gasteiger partial charge in [0.1, 0.15) is 0 Å². The van der Waals surface area contributed by atoms with E-state index in [0.717, 1.165) is 10.1 Å². The van der Waals surface area contributed by atoms with Gasteiger partial charge >= 0.3 is 5.97 Å². The van der Waals surface area contributed by atoms with Crippen LogP contribution in [0.25, 0.3) is 10.1 Å². The van der Waals surface area contributed by atoms with Gasteiger partial charge in [0.15, 0.2) is 6.04 Å². The Morgan fingerprint density at radius 1 is 1.35 bits per heavy atom. The molecule has 20 heavy (non-hydrogen) atoms. The lowest BCUT2D eigenvalue weighted by molar-refractivity contribution is -0.145. The summed E-state index contributed by atoms with van der Waals surface area (Å²) >= 11 is 1.45. The fourth-order valence-electron chi connectivity index (χ4n) is 1.88. The highest BCUT2D eigenvalue weighted by Crippen LogP contribution is 2.25.